The van der Waals surface area contributed by atoms with Crippen molar-refractivity contribution in [1.29, 1.82) is 5.26 Å². The third-order valence-corrected chi connectivity index (χ3v) is 17.9. The third kappa shape index (κ3) is 8.83. The van der Waals surface area contributed by atoms with Crippen LogP contribution in [0.15, 0.2) is 36.0 Å². The van der Waals surface area contributed by atoms with Crippen LogP contribution < -0.4 is 10.3 Å². The molecule has 3 fully saturated rings. The maximum Gasteiger partial charge on any atom is 0.386 e. The molecule has 3 aromatic heterocycles. The molecule has 51 heavy (non-hydrogen) atoms. The number of imidazole rings is 1. The molecule has 0 unspecified atom stereocenters. The van der Waals surface area contributed by atoms with E-state index in [2.05, 4.69) is 77.1 Å². The molecule has 2 aliphatic heterocycles. The Morgan fingerprint density at radius 3 is 2.71 bits per heavy atom. The van der Waals surface area contributed by atoms with Gasteiger partial charge >= 0.3 is 13.5 Å². The highest BCUT2D eigenvalue weighted by Crippen LogP contribution is 2.60. The van der Waals surface area contributed by atoms with Gasteiger partial charge in [-0.05, 0) is 36.4 Å². The first-order valence-electron chi connectivity index (χ1n) is 16.3. The first-order valence-corrected chi connectivity index (χ1v) is 24.5. The number of fused-ring (bicyclic) bond motifs is 4. The SMILES string of the molecule is CC(C)(C)[Si](C)(C)O[C@H]1[C@H]2O[P@@](=O)(S)OC[C@H]3C[C@@H](Oc4ccncn4)C[C@@H]3O[P@@](=S)(OCCC#N)OC[C@H]1O[C@H]2n1cnc2c(=O)[nH]cnc21. The van der Waals surface area contributed by atoms with Crippen molar-refractivity contribution in [2.45, 2.75) is 94.9 Å². The third-order valence-electron chi connectivity index (χ3n) is 9.42. The van der Waals surface area contributed by atoms with Crippen LogP contribution in [0.25, 0.3) is 11.2 Å². The van der Waals surface area contributed by atoms with E-state index in [1.54, 1.807) is 12.3 Å². The van der Waals surface area contributed by atoms with Crippen LogP contribution in [0, 0.1) is 17.2 Å². The fourth-order valence-electron chi connectivity index (χ4n) is 5.85. The molecule has 5 heterocycles. The van der Waals surface area contributed by atoms with Crippen molar-refractivity contribution < 1.29 is 41.1 Å². The van der Waals surface area contributed by atoms with Gasteiger partial charge in [0.1, 0.15) is 30.7 Å². The molecule has 1 N–H and O–H groups in total. The number of nitrogens with one attached hydrogen (secondary N) is 1. The molecule has 17 nitrogen and oxygen atoms in total. The number of rotatable bonds is 8. The highest BCUT2D eigenvalue weighted by atomic mass is 32.7. The number of aromatic amines is 1. The summed E-state index contributed by atoms with van der Waals surface area (Å²) >= 11 is 10.4. The molecule has 0 spiro atoms. The molecule has 1 aliphatic carbocycles. The van der Waals surface area contributed by atoms with Gasteiger partial charge in [-0.3, -0.25) is 13.9 Å². The molecular formula is C29H41N7O10P2S2Si. The second kappa shape index (κ2) is 15.3. The van der Waals surface area contributed by atoms with E-state index in [0.29, 0.717) is 18.7 Å². The zero-order chi connectivity index (χ0) is 36.6. The molecule has 6 rings (SSSR count). The quantitative estimate of drug-likeness (QED) is 0.132. The molecule has 22 heteroatoms. The zero-order valence-corrected chi connectivity index (χ0v) is 33.2. The zero-order valence-electron chi connectivity index (χ0n) is 28.7. The van der Waals surface area contributed by atoms with Crippen molar-refractivity contribution in [2.75, 3.05) is 19.8 Å². The fraction of sp³-hybridized carbons (Fsp3) is 0.655. The minimum Gasteiger partial charge on any atom is -0.474 e. The predicted octanol–water partition coefficient (Wildman–Crippen LogP) is 5.06. The molecule has 2 bridgehead atoms. The Morgan fingerprint density at radius 1 is 1.18 bits per heavy atom. The molecule has 2 saturated heterocycles. The average Bonchev–Trinajstić information content (AvgIpc) is 3.75. The van der Waals surface area contributed by atoms with E-state index < -0.39 is 64.0 Å². The van der Waals surface area contributed by atoms with E-state index in [0.717, 1.165) is 0 Å². The number of thiol groups is 1. The van der Waals surface area contributed by atoms with Crippen molar-refractivity contribution >= 4 is 57.1 Å². The highest BCUT2D eigenvalue weighted by molar-refractivity contribution is 8.44. The second-order valence-corrected chi connectivity index (χ2v) is 24.5. The molecule has 3 aliphatic rings. The van der Waals surface area contributed by atoms with Gasteiger partial charge in [-0.15, -0.1) is 0 Å². The molecule has 0 aromatic carbocycles. The van der Waals surface area contributed by atoms with E-state index in [1.165, 1.54) is 23.5 Å². The lowest BCUT2D eigenvalue weighted by molar-refractivity contribution is -0.0508. The first-order chi connectivity index (χ1) is 24.1. The molecule has 9 atom stereocenters. The van der Waals surface area contributed by atoms with Crippen molar-refractivity contribution in [3.05, 3.63) is 41.6 Å². The Labute approximate surface area is 306 Å². The van der Waals surface area contributed by atoms with E-state index >= 15 is 0 Å². The Morgan fingerprint density at radius 2 is 1.98 bits per heavy atom. The number of ether oxygens (including phenoxy) is 2. The standard InChI is InChI=1S/C29H41N7O10P2S2Si/c1-29(2,3)51(4,5)46-24-21-14-41-48(50,39-10-6-8-30)44-20-12-19(42-22-7-9-31-15-32-22)11-18(20)13-40-47(38,49)45-25(24)28(43-21)36-17-35-23-26(36)33-16-34-27(23)37/h7,9,15-21,24-25,28H,6,10-14H2,1-5H3,(H,38,49)(H,33,34,37)/t18-,19-,20+,21-,24-,25-,28-,47+,48-/m1/s1. The number of H-pyrrole nitrogens is 1. The van der Waals surface area contributed by atoms with Crippen LogP contribution in [-0.2, 0) is 48.2 Å². The van der Waals surface area contributed by atoms with Gasteiger partial charge in [0.05, 0.1) is 51.1 Å². The number of hydrogen-bond donors (Lipinski definition) is 2. The van der Waals surface area contributed by atoms with Gasteiger partial charge in [0.15, 0.2) is 25.7 Å². The first kappa shape index (κ1) is 38.6. The minimum atomic E-state index is -4.15. The van der Waals surface area contributed by atoms with Crippen LogP contribution >= 0.6 is 25.8 Å². The van der Waals surface area contributed by atoms with Gasteiger partial charge in [-0.25, -0.2) is 24.5 Å². The molecule has 0 amide bonds. The number of hydrogen-bond acceptors (Lipinski definition) is 16. The van der Waals surface area contributed by atoms with Gasteiger partial charge in [0, 0.05) is 24.6 Å². The average molecular weight is 802 g/mol. The van der Waals surface area contributed by atoms with Gasteiger partial charge in [0.2, 0.25) is 5.88 Å². The number of aromatic nitrogens is 6. The van der Waals surface area contributed by atoms with Gasteiger partial charge in [-0.2, -0.15) is 5.26 Å². The maximum atomic E-state index is 14.2. The smallest absolute Gasteiger partial charge is 0.386 e. The van der Waals surface area contributed by atoms with Crippen LogP contribution in [-0.4, -0.2) is 88.1 Å². The van der Waals surface area contributed by atoms with Gasteiger partial charge in [-0.1, -0.05) is 33.0 Å². The summed E-state index contributed by atoms with van der Waals surface area (Å²) in [6.07, 6.45) is 1.51. The molecule has 1 saturated carbocycles. The normalized spacial score (nSPS) is 33.5. The summed E-state index contributed by atoms with van der Waals surface area (Å²) in [5, 5.41) is 9.00. The highest BCUT2D eigenvalue weighted by Gasteiger charge is 2.55. The molecule has 0 radical (unpaired) electrons. The van der Waals surface area contributed by atoms with Crippen molar-refractivity contribution in [2.24, 2.45) is 5.92 Å². The summed E-state index contributed by atoms with van der Waals surface area (Å²) in [7, 11) is -2.58. The van der Waals surface area contributed by atoms with Crippen LogP contribution in [0.2, 0.25) is 18.1 Å². The molecule has 3 aromatic rings. The van der Waals surface area contributed by atoms with Gasteiger partial charge in [0.25, 0.3) is 5.56 Å². The summed E-state index contributed by atoms with van der Waals surface area (Å²) in [4.78, 5) is 31.8. The van der Waals surface area contributed by atoms with Crippen molar-refractivity contribution in [3.63, 3.8) is 0 Å². The Balaban J connectivity index is 1.38. The number of nitriles is 1. The summed E-state index contributed by atoms with van der Waals surface area (Å²) < 4.78 is 66.5. The topological polar surface area (TPSA) is 204 Å². The summed E-state index contributed by atoms with van der Waals surface area (Å²) in [6.45, 7) is 2.33. The van der Waals surface area contributed by atoms with Crippen molar-refractivity contribution in [1.82, 2.24) is 29.5 Å². The monoisotopic (exact) mass is 801 g/mol. The summed E-state index contributed by atoms with van der Waals surface area (Å²) in [5.41, 5.74) is -0.172. The molecule has 278 valence electrons. The number of nitrogens with zero attached hydrogens (tertiary/aromatic N) is 6. The fourth-order valence-corrected chi connectivity index (χ4v) is 10.8. The molecular weight excluding hydrogens is 761 g/mol. The lowest BCUT2D eigenvalue weighted by atomic mass is 10.1. The van der Waals surface area contributed by atoms with E-state index in [4.69, 9.17) is 48.3 Å². The van der Waals surface area contributed by atoms with E-state index in [-0.39, 0.29) is 48.5 Å². The minimum absolute atomic E-state index is 0.0284. The Bertz CT molecular complexity index is 1890. The lowest BCUT2D eigenvalue weighted by Gasteiger charge is -2.40. The summed E-state index contributed by atoms with van der Waals surface area (Å²) in [6, 6.07) is 3.69. The van der Waals surface area contributed by atoms with Crippen LogP contribution in [0.1, 0.15) is 46.3 Å². The van der Waals surface area contributed by atoms with E-state index in [1.807, 2.05) is 0 Å². The Kier molecular flexibility index (Phi) is 11.6. The van der Waals surface area contributed by atoms with E-state index in [9.17, 15) is 14.6 Å². The van der Waals surface area contributed by atoms with Crippen LogP contribution in [0.4, 0.5) is 0 Å². The van der Waals surface area contributed by atoms with Gasteiger partial charge < -0.3 is 37.0 Å². The van der Waals surface area contributed by atoms with Crippen molar-refractivity contribution in [3.8, 4) is 11.9 Å². The second-order valence-electron chi connectivity index (χ2n) is 13.9. The van der Waals surface area contributed by atoms with Crippen LogP contribution in [0.3, 0.4) is 0 Å². The maximum absolute atomic E-state index is 14.2. The Hall–Kier alpha value is -2.11. The lowest BCUT2D eigenvalue weighted by Crippen LogP contribution is -2.50. The largest absolute Gasteiger partial charge is 0.474 e. The predicted molar refractivity (Wildman–Crippen MR) is 192 cm³/mol. The summed E-state index contributed by atoms with van der Waals surface area (Å²) in [5.74, 6) is -0.0193. The van der Waals surface area contributed by atoms with Crippen LogP contribution in [0.5, 0.6) is 5.88 Å².